The molecule has 1 aliphatic heterocycles. The van der Waals surface area contributed by atoms with Crippen LogP contribution in [0.25, 0.3) is 0 Å². The normalized spacial score (nSPS) is 16.2. The fourth-order valence-corrected chi connectivity index (χ4v) is 3.29. The van der Waals surface area contributed by atoms with Crippen molar-refractivity contribution in [2.24, 2.45) is 5.92 Å². The Kier molecular flexibility index (Phi) is 7.37. The lowest BCUT2D eigenvalue weighted by molar-refractivity contribution is 0.0938. The Morgan fingerprint density at radius 3 is 2.36 bits per heavy atom. The largest absolute Gasteiger partial charge is 0.493 e. The molecule has 6 heteroatoms. The van der Waals surface area contributed by atoms with Gasteiger partial charge in [-0.1, -0.05) is 13.3 Å². The molecule has 1 aromatic carbocycles. The van der Waals surface area contributed by atoms with Crippen LogP contribution in [0.5, 0.6) is 17.2 Å². The van der Waals surface area contributed by atoms with Gasteiger partial charge in [0.15, 0.2) is 11.5 Å². The Labute approximate surface area is 150 Å². The molecule has 0 radical (unpaired) electrons. The Hall–Kier alpha value is -1.95. The summed E-state index contributed by atoms with van der Waals surface area (Å²) in [7, 11) is 4.61. The van der Waals surface area contributed by atoms with E-state index in [1.165, 1.54) is 46.6 Å². The van der Waals surface area contributed by atoms with Crippen LogP contribution in [-0.4, -0.2) is 58.3 Å². The number of methoxy groups -OCH3 is 3. The molecule has 0 aromatic heterocycles. The monoisotopic (exact) mass is 350 g/mol. The highest BCUT2D eigenvalue weighted by molar-refractivity contribution is 5.98. The van der Waals surface area contributed by atoms with E-state index in [1.54, 1.807) is 19.2 Å². The van der Waals surface area contributed by atoms with Crippen LogP contribution in [0.4, 0.5) is 0 Å². The zero-order valence-electron chi connectivity index (χ0n) is 15.8. The van der Waals surface area contributed by atoms with Crippen molar-refractivity contribution in [3.05, 3.63) is 17.7 Å². The van der Waals surface area contributed by atoms with E-state index < -0.39 is 0 Å². The van der Waals surface area contributed by atoms with Gasteiger partial charge in [0.2, 0.25) is 5.75 Å². The van der Waals surface area contributed by atoms with Crippen molar-refractivity contribution in [3.8, 4) is 17.2 Å². The maximum atomic E-state index is 12.6. The Balaban J connectivity index is 1.98. The van der Waals surface area contributed by atoms with Crippen molar-refractivity contribution in [1.82, 2.24) is 10.2 Å². The molecule has 1 saturated heterocycles. The molecule has 1 amide bonds. The van der Waals surface area contributed by atoms with Crippen molar-refractivity contribution in [3.63, 3.8) is 0 Å². The van der Waals surface area contributed by atoms with Crippen molar-refractivity contribution in [1.29, 1.82) is 0 Å². The van der Waals surface area contributed by atoms with Gasteiger partial charge < -0.3 is 24.4 Å². The first-order valence-electron chi connectivity index (χ1n) is 8.90. The van der Waals surface area contributed by atoms with Gasteiger partial charge in [-0.05, 0) is 44.0 Å². The van der Waals surface area contributed by atoms with Crippen LogP contribution in [0.3, 0.4) is 0 Å². The van der Waals surface area contributed by atoms with Gasteiger partial charge in [0.05, 0.1) is 26.9 Å². The summed E-state index contributed by atoms with van der Waals surface area (Å²) in [5, 5.41) is 3.01. The summed E-state index contributed by atoms with van der Waals surface area (Å²) >= 11 is 0. The lowest BCUT2D eigenvalue weighted by atomic mass is 10.1. The minimum Gasteiger partial charge on any atom is -0.493 e. The number of likely N-dealkylation sites (tertiary alicyclic amines) is 1. The predicted octanol–water partition coefficient (Wildman–Crippen LogP) is 2.56. The quantitative estimate of drug-likeness (QED) is 0.781. The van der Waals surface area contributed by atoms with Crippen molar-refractivity contribution in [2.45, 2.75) is 26.2 Å². The second-order valence-corrected chi connectivity index (χ2v) is 6.56. The van der Waals surface area contributed by atoms with Gasteiger partial charge in [0, 0.05) is 13.1 Å². The van der Waals surface area contributed by atoms with Gasteiger partial charge in [0.25, 0.3) is 5.91 Å². The van der Waals surface area contributed by atoms with E-state index in [2.05, 4.69) is 17.1 Å². The molecule has 1 fully saturated rings. The van der Waals surface area contributed by atoms with Crippen LogP contribution in [-0.2, 0) is 0 Å². The second-order valence-electron chi connectivity index (χ2n) is 6.56. The first-order valence-corrected chi connectivity index (χ1v) is 8.90. The first-order chi connectivity index (χ1) is 12.1. The molecular weight excluding hydrogens is 320 g/mol. The zero-order chi connectivity index (χ0) is 18.2. The number of carbonyl (C=O) groups excluding carboxylic acids is 1. The third-order valence-electron chi connectivity index (χ3n) is 4.58. The minimum atomic E-state index is -0.164. The molecule has 0 saturated carbocycles. The summed E-state index contributed by atoms with van der Waals surface area (Å²) in [4.78, 5) is 15.1. The van der Waals surface area contributed by atoms with Crippen LogP contribution in [0.1, 0.15) is 36.5 Å². The molecule has 140 valence electrons. The summed E-state index contributed by atoms with van der Waals surface area (Å²) in [6.07, 6.45) is 3.89. The number of ether oxygens (including phenoxy) is 3. The average molecular weight is 350 g/mol. The number of piperidine rings is 1. The SMILES string of the molecule is COc1ccc(C(=O)NCC(C)CN2CCCCC2)c(OC)c1OC. The average Bonchev–Trinajstić information content (AvgIpc) is 2.65. The number of hydrogen-bond donors (Lipinski definition) is 1. The molecule has 1 aliphatic rings. The highest BCUT2D eigenvalue weighted by atomic mass is 16.5. The molecule has 1 heterocycles. The van der Waals surface area contributed by atoms with E-state index in [-0.39, 0.29) is 5.91 Å². The first kappa shape index (κ1) is 19.4. The molecule has 2 rings (SSSR count). The van der Waals surface area contributed by atoms with E-state index in [0.717, 1.165) is 6.54 Å². The summed E-state index contributed by atoms with van der Waals surface area (Å²) in [5.74, 6) is 1.59. The number of nitrogens with one attached hydrogen (secondary N) is 1. The molecule has 6 nitrogen and oxygen atoms in total. The molecule has 1 unspecified atom stereocenters. The van der Waals surface area contributed by atoms with Gasteiger partial charge in [-0.2, -0.15) is 0 Å². The standard InChI is InChI=1S/C19H30N2O4/c1-14(13-21-10-6-5-7-11-21)12-20-19(22)15-8-9-16(23-2)18(25-4)17(15)24-3/h8-9,14H,5-7,10-13H2,1-4H3,(H,20,22). The van der Waals surface area contributed by atoms with Gasteiger partial charge in [-0.25, -0.2) is 0 Å². The van der Waals surface area contributed by atoms with Crippen LogP contribution in [0.15, 0.2) is 12.1 Å². The molecule has 0 aliphatic carbocycles. The van der Waals surface area contributed by atoms with Crippen LogP contribution in [0, 0.1) is 5.92 Å². The number of nitrogens with zero attached hydrogens (tertiary/aromatic N) is 1. The van der Waals surface area contributed by atoms with Crippen LogP contribution >= 0.6 is 0 Å². The summed E-state index contributed by atoms with van der Waals surface area (Å²) in [6.45, 7) is 6.15. The highest BCUT2D eigenvalue weighted by Gasteiger charge is 2.21. The predicted molar refractivity (Wildman–Crippen MR) is 97.9 cm³/mol. The maximum Gasteiger partial charge on any atom is 0.255 e. The third kappa shape index (κ3) is 5.01. The second kappa shape index (κ2) is 9.51. The molecule has 1 aromatic rings. The fourth-order valence-electron chi connectivity index (χ4n) is 3.29. The number of carbonyl (C=O) groups is 1. The van der Waals surface area contributed by atoms with E-state index in [9.17, 15) is 4.79 Å². The summed E-state index contributed by atoms with van der Waals surface area (Å²) in [5.41, 5.74) is 0.449. The van der Waals surface area contributed by atoms with E-state index >= 15 is 0 Å². The van der Waals surface area contributed by atoms with Gasteiger partial charge in [-0.3, -0.25) is 4.79 Å². The molecule has 0 spiro atoms. The van der Waals surface area contributed by atoms with Crippen molar-refractivity contribution in [2.75, 3.05) is 47.5 Å². The smallest absolute Gasteiger partial charge is 0.255 e. The number of benzene rings is 1. The lowest BCUT2D eigenvalue weighted by Crippen LogP contribution is -2.38. The Morgan fingerprint density at radius 2 is 1.76 bits per heavy atom. The zero-order valence-corrected chi connectivity index (χ0v) is 15.8. The number of hydrogen-bond acceptors (Lipinski definition) is 5. The fraction of sp³-hybridized carbons (Fsp3) is 0.632. The van der Waals surface area contributed by atoms with Gasteiger partial charge in [0.1, 0.15) is 0 Å². The van der Waals surface area contributed by atoms with Gasteiger partial charge >= 0.3 is 0 Å². The lowest BCUT2D eigenvalue weighted by Gasteiger charge is -2.29. The molecule has 25 heavy (non-hydrogen) atoms. The summed E-state index contributed by atoms with van der Waals surface area (Å²) in [6, 6.07) is 3.41. The van der Waals surface area contributed by atoms with Crippen LogP contribution in [0.2, 0.25) is 0 Å². The Bertz CT molecular complexity index is 571. The van der Waals surface area contributed by atoms with Crippen LogP contribution < -0.4 is 19.5 Å². The highest BCUT2D eigenvalue weighted by Crippen LogP contribution is 2.39. The van der Waals surface area contributed by atoms with E-state index in [0.29, 0.717) is 35.3 Å². The maximum absolute atomic E-state index is 12.6. The van der Waals surface area contributed by atoms with E-state index in [4.69, 9.17) is 14.2 Å². The van der Waals surface area contributed by atoms with Crippen molar-refractivity contribution < 1.29 is 19.0 Å². The minimum absolute atomic E-state index is 0.164. The Morgan fingerprint density at radius 1 is 1.08 bits per heavy atom. The molecular formula is C19H30N2O4. The third-order valence-corrected chi connectivity index (χ3v) is 4.58. The number of amides is 1. The van der Waals surface area contributed by atoms with Crippen molar-refractivity contribution >= 4 is 5.91 Å². The topological polar surface area (TPSA) is 60.0 Å². The van der Waals surface area contributed by atoms with E-state index in [1.807, 2.05) is 0 Å². The molecule has 1 atom stereocenters. The molecule has 1 N–H and O–H groups in total. The summed E-state index contributed by atoms with van der Waals surface area (Å²) < 4.78 is 16.0. The number of rotatable bonds is 8. The molecule has 0 bridgehead atoms. The van der Waals surface area contributed by atoms with Gasteiger partial charge in [-0.15, -0.1) is 0 Å².